The van der Waals surface area contributed by atoms with Gasteiger partial charge in [0.2, 0.25) is 0 Å². The lowest BCUT2D eigenvalue weighted by atomic mass is 9.76. The standard InChI is InChI=1S/C22H25N5OS.CH4O/c1-22(2)8-7-16-18(11-22)26-27-20(16)17-10-19(25-21(24-17)29-3)23-12-14-5-4-6-15(9-14)13-28;1-2/h4-6,9-10,13H,7-8,11-12H2,1-3H3,(H,26,27)(H,23,24,25);2H,1H3. The molecule has 2 aromatic heterocycles. The molecule has 0 amide bonds. The number of nitrogens with zero attached hydrogens (tertiary/aromatic N) is 3. The van der Waals surface area contributed by atoms with Crippen LogP contribution in [0.5, 0.6) is 0 Å². The number of carbonyl (C=O) groups is 1. The molecule has 0 unspecified atom stereocenters. The Hall–Kier alpha value is -2.71. The number of benzene rings is 1. The van der Waals surface area contributed by atoms with E-state index in [4.69, 9.17) is 10.1 Å². The fourth-order valence-electron chi connectivity index (χ4n) is 3.76. The van der Waals surface area contributed by atoms with Gasteiger partial charge in [-0.3, -0.25) is 9.89 Å². The van der Waals surface area contributed by atoms with Gasteiger partial charge in [-0.05, 0) is 42.6 Å². The van der Waals surface area contributed by atoms with E-state index in [0.29, 0.717) is 22.7 Å². The Morgan fingerprint density at radius 3 is 2.81 bits per heavy atom. The molecule has 1 aliphatic rings. The van der Waals surface area contributed by atoms with Crippen LogP contribution in [0.1, 0.15) is 47.4 Å². The summed E-state index contributed by atoms with van der Waals surface area (Å²) in [5.74, 6) is 0.753. The molecule has 0 fully saturated rings. The van der Waals surface area contributed by atoms with Crippen LogP contribution in [-0.4, -0.2) is 44.9 Å². The number of aliphatic hydroxyl groups is 1. The maximum atomic E-state index is 11.0. The van der Waals surface area contributed by atoms with E-state index in [1.54, 1.807) is 6.07 Å². The van der Waals surface area contributed by atoms with Gasteiger partial charge in [-0.1, -0.05) is 43.8 Å². The molecule has 3 aromatic rings. The number of anilines is 1. The Bertz CT molecular complexity index is 1050. The summed E-state index contributed by atoms with van der Waals surface area (Å²) < 4.78 is 0. The maximum absolute atomic E-state index is 11.0. The van der Waals surface area contributed by atoms with Gasteiger partial charge in [0.25, 0.3) is 0 Å². The first-order valence-corrected chi connectivity index (χ1v) is 11.4. The topological polar surface area (TPSA) is 104 Å². The van der Waals surface area contributed by atoms with Crippen LogP contribution in [0.3, 0.4) is 0 Å². The van der Waals surface area contributed by atoms with Crippen molar-refractivity contribution in [2.24, 2.45) is 5.41 Å². The van der Waals surface area contributed by atoms with Gasteiger partial charge in [0.15, 0.2) is 5.16 Å². The lowest BCUT2D eigenvalue weighted by Crippen LogP contribution is -2.22. The predicted octanol–water partition coefficient (Wildman–Crippen LogP) is 4.14. The van der Waals surface area contributed by atoms with Crippen molar-refractivity contribution in [2.45, 2.75) is 44.8 Å². The van der Waals surface area contributed by atoms with Crippen LogP contribution in [0.25, 0.3) is 11.4 Å². The SMILES string of the molecule is CO.CSc1nc(NCc2cccc(C=O)c2)cc(-c2n[nH]c3c2CCC(C)(C)C3)n1. The average molecular weight is 440 g/mol. The van der Waals surface area contributed by atoms with Crippen molar-refractivity contribution >= 4 is 23.9 Å². The zero-order valence-corrected chi connectivity index (χ0v) is 19.2. The van der Waals surface area contributed by atoms with Crippen LogP contribution in [0.15, 0.2) is 35.5 Å². The number of aromatic nitrogens is 4. The molecule has 0 spiro atoms. The van der Waals surface area contributed by atoms with E-state index in [2.05, 4.69) is 34.3 Å². The molecular weight excluding hydrogens is 410 g/mol. The van der Waals surface area contributed by atoms with Crippen LogP contribution in [-0.2, 0) is 19.4 Å². The number of nitrogens with one attached hydrogen (secondary N) is 2. The lowest BCUT2D eigenvalue weighted by molar-refractivity contribution is 0.112. The highest BCUT2D eigenvalue weighted by molar-refractivity contribution is 7.98. The molecule has 3 N–H and O–H groups in total. The molecule has 164 valence electrons. The molecule has 2 heterocycles. The summed E-state index contributed by atoms with van der Waals surface area (Å²) in [4.78, 5) is 20.3. The van der Waals surface area contributed by atoms with Crippen LogP contribution >= 0.6 is 11.8 Å². The van der Waals surface area contributed by atoms with Crippen molar-refractivity contribution < 1.29 is 9.90 Å². The zero-order valence-electron chi connectivity index (χ0n) is 18.4. The Morgan fingerprint density at radius 2 is 2.06 bits per heavy atom. The molecule has 4 rings (SSSR count). The Balaban J connectivity index is 0.00000132. The van der Waals surface area contributed by atoms with Gasteiger partial charge in [0.1, 0.15) is 17.8 Å². The van der Waals surface area contributed by atoms with Crippen molar-refractivity contribution in [3.05, 3.63) is 52.7 Å². The highest BCUT2D eigenvalue weighted by Gasteiger charge is 2.29. The van der Waals surface area contributed by atoms with Crippen LogP contribution < -0.4 is 5.32 Å². The van der Waals surface area contributed by atoms with E-state index in [-0.39, 0.29) is 0 Å². The van der Waals surface area contributed by atoms with Gasteiger partial charge >= 0.3 is 0 Å². The molecule has 0 saturated heterocycles. The van der Waals surface area contributed by atoms with Crippen molar-refractivity contribution in [1.29, 1.82) is 0 Å². The summed E-state index contributed by atoms with van der Waals surface area (Å²) in [5.41, 5.74) is 6.27. The largest absolute Gasteiger partial charge is 0.400 e. The van der Waals surface area contributed by atoms with E-state index in [9.17, 15) is 4.79 Å². The fraction of sp³-hybridized carbons (Fsp3) is 0.391. The number of aliphatic hydroxyl groups excluding tert-OH is 1. The average Bonchev–Trinajstić information content (AvgIpc) is 3.20. The second-order valence-electron chi connectivity index (χ2n) is 8.21. The highest BCUT2D eigenvalue weighted by atomic mass is 32.2. The fourth-order valence-corrected chi connectivity index (χ4v) is 4.14. The Labute approximate surface area is 187 Å². The van der Waals surface area contributed by atoms with E-state index in [0.717, 1.165) is 55.4 Å². The van der Waals surface area contributed by atoms with E-state index >= 15 is 0 Å². The summed E-state index contributed by atoms with van der Waals surface area (Å²) in [6.45, 7) is 5.18. The van der Waals surface area contributed by atoms with E-state index in [1.807, 2.05) is 30.5 Å². The number of hydrogen-bond acceptors (Lipinski definition) is 7. The number of hydrogen-bond donors (Lipinski definition) is 3. The minimum Gasteiger partial charge on any atom is -0.400 e. The van der Waals surface area contributed by atoms with Gasteiger partial charge < -0.3 is 10.4 Å². The first-order chi connectivity index (χ1) is 15.0. The number of rotatable bonds is 6. The van der Waals surface area contributed by atoms with Crippen LogP contribution in [0.4, 0.5) is 5.82 Å². The number of aromatic amines is 1. The van der Waals surface area contributed by atoms with Gasteiger partial charge in [-0.15, -0.1) is 0 Å². The molecule has 1 aromatic carbocycles. The highest BCUT2D eigenvalue weighted by Crippen LogP contribution is 2.37. The second kappa shape index (κ2) is 10.1. The molecule has 0 aliphatic heterocycles. The van der Waals surface area contributed by atoms with Gasteiger partial charge in [0, 0.05) is 36.5 Å². The third kappa shape index (κ3) is 5.51. The minimum absolute atomic E-state index is 0.301. The maximum Gasteiger partial charge on any atom is 0.189 e. The predicted molar refractivity (Wildman–Crippen MR) is 124 cm³/mol. The summed E-state index contributed by atoms with van der Waals surface area (Å²) in [5, 5.41) is 18.9. The number of H-pyrrole nitrogens is 1. The molecule has 1 aliphatic carbocycles. The van der Waals surface area contributed by atoms with Crippen molar-refractivity contribution in [3.63, 3.8) is 0 Å². The summed E-state index contributed by atoms with van der Waals surface area (Å²) in [6, 6.07) is 9.51. The molecule has 0 atom stereocenters. The second-order valence-corrected chi connectivity index (χ2v) is 8.99. The molecule has 0 saturated carbocycles. The Kier molecular flexibility index (Phi) is 7.46. The summed E-state index contributed by atoms with van der Waals surface area (Å²) in [7, 11) is 1.00. The molecule has 0 bridgehead atoms. The Morgan fingerprint density at radius 1 is 1.26 bits per heavy atom. The molecule has 31 heavy (non-hydrogen) atoms. The first kappa shape index (κ1) is 23.0. The third-order valence-electron chi connectivity index (χ3n) is 5.35. The van der Waals surface area contributed by atoms with Crippen LogP contribution in [0.2, 0.25) is 0 Å². The van der Waals surface area contributed by atoms with Crippen molar-refractivity contribution in [1.82, 2.24) is 20.2 Å². The van der Waals surface area contributed by atoms with Crippen molar-refractivity contribution in [3.8, 4) is 11.4 Å². The van der Waals surface area contributed by atoms with E-state index in [1.165, 1.54) is 23.0 Å². The number of aldehydes is 1. The molecule has 8 heteroatoms. The molecule has 7 nitrogen and oxygen atoms in total. The summed E-state index contributed by atoms with van der Waals surface area (Å²) in [6.07, 6.45) is 5.99. The van der Waals surface area contributed by atoms with Gasteiger partial charge in [-0.2, -0.15) is 5.10 Å². The number of thioether (sulfide) groups is 1. The lowest BCUT2D eigenvalue weighted by Gasteiger charge is -2.29. The van der Waals surface area contributed by atoms with Crippen LogP contribution in [0, 0.1) is 5.41 Å². The van der Waals surface area contributed by atoms with Crippen molar-refractivity contribution in [2.75, 3.05) is 18.7 Å². The smallest absolute Gasteiger partial charge is 0.189 e. The molecule has 0 radical (unpaired) electrons. The third-order valence-corrected chi connectivity index (χ3v) is 5.90. The minimum atomic E-state index is 0.301. The van der Waals surface area contributed by atoms with E-state index < -0.39 is 0 Å². The first-order valence-electron chi connectivity index (χ1n) is 10.2. The normalized spacial score (nSPS) is 14.2. The van der Waals surface area contributed by atoms with Gasteiger partial charge in [-0.25, -0.2) is 9.97 Å². The summed E-state index contributed by atoms with van der Waals surface area (Å²) >= 11 is 1.51. The molecular formula is C23H29N5O2S. The number of fused-ring (bicyclic) bond motifs is 1. The van der Waals surface area contributed by atoms with Gasteiger partial charge in [0.05, 0.1) is 5.69 Å². The monoisotopic (exact) mass is 439 g/mol. The number of carbonyl (C=O) groups excluding carboxylic acids is 1. The zero-order chi connectivity index (χ0) is 22.4. The quantitative estimate of drug-likeness (QED) is 0.301.